The van der Waals surface area contributed by atoms with Crippen LogP contribution in [0.15, 0.2) is 17.0 Å². The molecule has 1 amide bonds. The standard InChI is InChI=1S/C14H17N5OS/c1-9-17-10(6-13(15-2)18-9)12-4-3-5-19(12)14(20)11-7-21-8-16-11/h6-8,12H,3-5H2,1-2H3,(H,15,17,18). The minimum atomic E-state index is -0.0129. The fourth-order valence-electron chi connectivity index (χ4n) is 2.67. The van der Waals surface area contributed by atoms with Crippen molar-refractivity contribution in [3.05, 3.63) is 34.2 Å². The predicted octanol–water partition coefficient (Wildman–Crippen LogP) is 2.26. The Morgan fingerprint density at radius 2 is 2.33 bits per heavy atom. The number of nitrogens with one attached hydrogen (secondary N) is 1. The van der Waals surface area contributed by atoms with Crippen LogP contribution in [0.25, 0.3) is 0 Å². The number of nitrogens with zero attached hydrogens (tertiary/aromatic N) is 4. The molecule has 1 N–H and O–H groups in total. The van der Waals surface area contributed by atoms with Crippen molar-refractivity contribution >= 4 is 23.1 Å². The molecule has 7 heteroatoms. The molecule has 1 atom stereocenters. The van der Waals surface area contributed by atoms with Gasteiger partial charge in [-0.05, 0) is 19.8 Å². The fourth-order valence-corrected chi connectivity index (χ4v) is 3.20. The van der Waals surface area contributed by atoms with E-state index in [1.165, 1.54) is 11.3 Å². The topological polar surface area (TPSA) is 71.0 Å². The average Bonchev–Trinajstić information content (AvgIpc) is 3.17. The van der Waals surface area contributed by atoms with Crippen LogP contribution in [0.5, 0.6) is 0 Å². The van der Waals surface area contributed by atoms with Crippen LogP contribution in [-0.4, -0.2) is 39.4 Å². The predicted molar refractivity (Wildman–Crippen MR) is 81.4 cm³/mol. The molecule has 1 aliphatic heterocycles. The smallest absolute Gasteiger partial charge is 0.273 e. The number of amides is 1. The highest BCUT2D eigenvalue weighted by Crippen LogP contribution is 2.32. The molecule has 0 spiro atoms. The summed E-state index contributed by atoms with van der Waals surface area (Å²) >= 11 is 1.44. The molecule has 0 aromatic carbocycles. The molecule has 1 unspecified atom stereocenters. The van der Waals surface area contributed by atoms with E-state index in [4.69, 9.17) is 0 Å². The molecular weight excluding hydrogens is 286 g/mol. The molecule has 3 heterocycles. The number of rotatable bonds is 3. The lowest BCUT2D eigenvalue weighted by atomic mass is 10.1. The molecule has 1 aliphatic rings. The highest BCUT2D eigenvalue weighted by Gasteiger charge is 2.32. The molecule has 0 saturated carbocycles. The number of anilines is 1. The van der Waals surface area contributed by atoms with Gasteiger partial charge in [-0.25, -0.2) is 15.0 Å². The summed E-state index contributed by atoms with van der Waals surface area (Å²) in [6, 6.07) is 1.93. The summed E-state index contributed by atoms with van der Waals surface area (Å²) in [5.41, 5.74) is 3.10. The van der Waals surface area contributed by atoms with Crippen LogP contribution in [0, 0.1) is 6.92 Å². The third kappa shape index (κ3) is 2.73. The second-order valence-corrected chi connectivity index (χ2v) is 5.72. The number of likely N-dealkylation sites (tertiary alicyclic amines) is 1. The van der Waals surface area contributed by atoms with Gasteiger partial charge in [0.05, 0.1) is 17.2 Å². The van der Waals surface area contributed by atoms with E-state index in [1.54, 1.807) is 10.9 Å². The Balaban J connectivity index is 1.90. The maximum absolute atomic E-state index is 12.5. The summed E-state index contributed by atoms with van der Waals surface area (Å²) < 4.78 is 0. The molecule has 21 heavy (non-hydrogen) atoms. The molecule has 6 nitrogen and oxygen atoms in total. The zero-order valence-corrected chi connectivity index (χ0v) is 12.9. The van der Waals surface area contributed by atoms with Crippen LogP contribution in [0.3, 0.4) is 0 Å². The molecule has 2 aromatic rings. The number of hydrogen-bond donors (Lipinski definition) is 1. The summed E-state index contributed by atoms with van der Waals surface area (Å²) in [5, 5.41) is 4.83. The van der Waals surface area contributed by atoms with Gasteiger partial charge in [-0.2, -0.15) is 0 Å². The molecule has 0 radical (unpaired) electrons. The lowest BCUT2D eigenvalue weighted by molar-refractivity contribution is 0.0727. The molecule has 1 saturated heterocycles. The van der Waals surface area contributed by atoms with Gasteiger partial charge in [0.1, 0.15) is 17.3 Å². The van der Waals surface area contributed by atoms with Crippen molar-refractivity contribution < 1.29 is 4.79 Å². The molecule has 1 fully saturated rings. The van der Waals surface area contributed by atoms with Crippen molar-refractivity contribution in [2.75, 3.05) is 18.9 Å². The van der Waals surface area contributed by atoms with E-state index in [2.05, 4.69) is 20.3 Å². The Labute approximate surface area is 127 Å². The first-order valence-electron chi connectivity index (χ1n) is 6.91. The van der Waals surface area contributed by atoms with E-state index in [0.717, 1.165) is 30.9 Å². The second-order valence-electron chi connectivity index (χ2n) is 5.01. The van der Waals surface area contributed by atoms with Gasteiger partial charge in [-0.15, -0.1) is 11.3 Å². The summed E-state index contributed by atoms with van der Waals surface area (Å²) in [7, 11) is 1.83. The molecular formula is C14H17N5OS. The Hall–Kier alpha value is -2.02. The Morgan fingerprint density at radius 3 is 3.05 bits per heavy atom. The van der Waals surface area contributed by atoms with Gasteiger partial charge in [0, 0.05) is 25.0 Å². The zero-order valence-electron chi connectivity index (χ0n) is 12.0. The number of carbonyl (C=O) groups is 1. The number of carbonyl (C=O) groups excluding carboxylic acids is 1. The van der Waals surface area contributed by atoms with Gasteiger partial charge in [-0.3, -0.25) is 4.79 Å². The maximum atomic E-state index is 12.5. The van der Waals surface area contributed by atoms with Crippen molar-refractivity contribution in [2.45, 2.75) is 25.8 Å². The first-order chi connectivity index (χ1) is 10.2. The van der Waals surface area contributed by atoms with E-state index in [9.17, 15) is 4.79 Å². The third-order valence-electron chi connectivity index (χ3n) is 3.62. The second kappa shape index (κ2) is 5.77. The van der Waals surface area contributed by atoms with Gasteiger partial charge in [-0.1, -0.05) is 0 Å². The molecule has 3 rings (SSSR count). The monoisotopic (exact) mass is 303 g/mol. The fraction of sp³-hybridized carbons (Fsp3) is 0.429. The van der Waals surface area contributed by atoms with Crippen LogP contribution in [0.1, 0.15) is 40.9 Å². The van der Waals surface area contributed by atoms with E-state index in [1.807, 2.05) is 24.9 Å². The largest absolute Gasteiger partial charge is 0.373 e. The highest BCUT2D eigenvalue weighted by atomic mass is 32.1. The highest BCUT2D eigenvalue weighted by molar-refractivity contribution is 7.07. The van der Waals surface area contributed by atoms with Crippen molar-refractivity contribution in [3.63, 3.8) is 0 Å². The Bertz CT molecular complexity index is 643. The first-order valence-corrected chi connectivity index (χ1v) is 7.86. The van der Waals surface area contributed by atoms with Crippen LogP contribution in [0.2, 0.25) is 0 Å². The first kappa shape index (κ1) is 13.9. The van der Waals surface area contributed by atoms with Gasteiger partial charge in [0.25, 0.3) is 5.91 Å². The lowest BCUT2D eigenvalue weighted by Crippen LogP contribution is -2.31. The maximum Gasteiger partial charge on any atom is 0.273 e. The minimum Gasteiger partial charge on any atom is -0.373 e. The summed E-state index contributed by atoms with van der Waals surface area (Å²) in [4.78, 5) is 27.4. The number of thiazole rings is 1. The quantitative estimate of drug-likeness (QED) is 0.941. The minimum absolute atomic E-state index is 0.00741. The lowest BCUT2D eigenvalue weighted by Gasteiger charge is -2.24. The van der Waals surface area contributed by atoms with Crippen molar-refractivity contribution in [2.24, 2.45) is 0 Å². The van der Waals surface area contributed by atoms with E-state index in [0.29, 0.717) is 11.5 Å². The number of hydrogen-bond acceptors (Lipinski definition) is 6. The molecule has 0 aliphatic carbocycles. The van der Waals surface area contributed by atoms with Crippen LogP contribution in [-0.2, 0) is 0 Å². The summed E-state index contributed by atoms with van der Waals surface area (Å²) in [5.74, 6) is 1.48. The van der Waals surface area contributed by atoms with Crippen LogP contribution >= 0.6 is 11.3 Å². The van der Waals surface area contributed by atoms with Crippen molar-refractivity contribution in [3.8, 4) is 0 Å². The normalized spacial score (nSPS) is 18.0. The number of aryl methyl sites for hydroxylation is 1. The van der Waals surface area contributed by atoms with Crippen molar-refractivity contribution in [1.82, 2.24) is 19.9 Å². The molecule has 110 valence electrons. The summed E-state index contributed by atoms with van der Waals surface area (Å²) in [6.45, 7) is 2.62. The third-order valence-corrected chi connectivity index (χ3v) is 4.21. The van der Waals surface area contributed by atoms with Gasteiger partial charge in [0.2, 0.25) is 0 Å². The van der Waals surface area contributed by atoms with Crippen LogP contribution < -0.4 is 5.32 Å². The molecule has 0 bridgehead atoms. The van der Waals surface area contributed by atoms with E-state index < -0.39 is 0 Å². The average molecular weight is 303 g/mol. The number of aromatic nitrogens is 3. The van der Waals surface area contributed by atoms with Crippen LogP contribution in [0.4, 0.5) is 5.82 Å². The zero-order chi connectivity index (χ0) is 14.8. The van der Waals surface area contributed by atoms with Gasteiger partial charge < -0.3 is 10.2 Å². The van der Waals surface area contributed by atoms with E-state index >= 15 is 0 Å². The van der Waals surface area contributed by atoms with Crippen molar-refractivity contribution in [1.29, 1.82) is 0 Å². The van der Waals surface area contributed by atoms with Gasteiger partial charge >= 0.3 is 0 Å². The van der Waals surface area contributed by atoms with Gasteiger partial charge in [0.15, 0.2) is 0 Å². The SMILES string of the molecule is CNc1cc(C2CCCN2C(=O)c2cscn2)nc(C)n1. The Kier molecular flexibility index (Phi) is 3.83. The Morgan fingerprint density at radius 1 is 1.48 bits per heavy atom. The summed E-state index contributed by atoms with van der Waals surface area (Å²) in [6.07, 6.45) is 1.91. The molecule has 2 aromatic heterocycles. The van der Waals surface area contributed by atoms with E-state index in [-0.39, 0.29) is 11.9 Å².